The molecule has 6 heteroatoms. The number of rotatable bonds is 3. The maximum absolute atomic E-state index is 13.4. The van der Waals surface area contributed by atoms with Crippen molar-refractivity contribution in [2.75, 3.05) is 0 Å². The fraction of sp³-hybridized carbons (Fsp3) is 0.111. The van der Waals surface area contributed by atoms with Gasteiger partial charge in [0, 0.05) is 0 Å². The number of hydrogen-bond acceptors (Lipinski definition) is 4. The van der Waals surface area contributed by atoms with Gasteiger partial charge >= 0.3 is 0 Å². The fourth-order valence-electron chi connectivity index (χ4n) is 1.13. The summed E-state index contributed by atoms with van der Waals surface area (Å²) in [5, 5.41) is 15.8. The maximum Gasteiger partial charge on any atom is 0.188 e. The van der Waals surface area contributed by atoms with Crippen LogP contribution < -0.4 is 0 Å². The third-order valence-corrected chi connectivity index (χ3v) is 2.86. The van der Waals surface area contributed by atoms with Crippen molar-refractivity contribution in [3.8, 4) is 0 Å². The predicted octanol–water partition coefficient (Wildman–Crippen LogP) is 1.59. The molecule has 1 aromatic carbocycles. The predicted molar refractivity (Wildman–Crippen MR) is 52.8 cm³/mol. The van der Waals surface area contributed by atoms with E-state index in [1.807, 2.05) is 0 Å². The number of halogens is 1. The van der Waals surface area contributed by atoms with Crippen LogP contribution in [0.4, 0.5) is 4.39 Å². The molecule has 15 heavy (non-hydrogen) atoms. The molecular weight excluding hydrogens is 217 g/mol. The highest BCUT2D eigenvalue weighted by Crippen LogP contribution is 2.30. The second kappa shape index (κ2) is 4.41. The fourth-order valence-corrected chi connectivity index (χ4v) is 1.95. The molecule has 0 spiro atoms. The van der Waals surface area contributed by atoms with Gasteiger partial charge in [-0.15, -0.1) is 0 Å². The molecule has 0 aliphatic carbocycles. The van der Waals surface area contributed by atoms with Crippen molar-refractivity contribution in [1.82, 2.24) is 15.2 Å². The lowest BCUT2D eigenvalue weighted by Gasteiger charge is -2.05. The van der Waals surface area contributed by atoms with Crippen LogP contribution in [0.2, 0.25) is 0 Å². The van der Waals surface area contributed by atoms with E-state index in [0.717, 1.165) is 11.8 Å². The molecule has 0 atom stereocenters. The monoisotopic (exact) mass is 225 g/mol. The zero-order valence-corrected chi connectivity index (χ0v) is 8.46. The zero-order valence-electron chi connectivity index (χ0n) is 7.64. The van der Waals surface area contributed by atoms with Crippen LogP contribution >= 0.6 is 11.8 Å². The summed E-state index contributed by atoms with van der Waals surface area (Å²) in [5.74, 6) is -0.372. The average Bonchev–Trinajstić information content (AvgIpc) is 2.74. The maximum atomic E-state index is 13.4. The summed E-state index contributed by atoms with van der Waals surface area (Å²) in [5.41, 5.74) is 0.538. The van der Waals surface area contributed by atoms with Gasteiger partial charge in [-0.2, -0.15) is 5.10 Å². The lowest BCUT2D eigenvalue weighted by atomic mass is 10.2. The van der Waals surface area contributed by atoms with Crippen molar-refractivity contribution >= 4 is 11.8 Å². The number of aliphatic hydroxyl groups is 1. The van der Waals surface area contributed by atoms with Crippen LogP contribution in [-0.4, -0.2) is 20.3 Å². The lowest BCUT2D eigenvalue weighted by Crippen LogP contribution is -1.91. The number of aliphatic hydroxyl groups excluding tert-OH is 1. The van der Waals surface area contributed by atoms with Crippen molar-refractivity contribution in [2.45, 2.75) is 16.7 Å². The van der Waals surface area contributed by atoms with Crippen molar-refractivity contribution in [3.63, 3.8) is 0 Å². The van der Waals surface area contributed by atoms with E-state index in [0.29, 0.717) is 15.6 Å². The normalized spacial score (nSPS) is 10.5. The SMILES string of the molecule is OCc1cccc(F)c1Sc1ncn[nH]1. The zero-order chi connectivity index (χ0) is 10.7. The summed E-state index contributed by atoms with van der Waals surface area (Å²) in [6.07, 6.45) is 1.35. The van der Waals surface area contributed by atoms with Gasteiger partial charge in [0.1, 0.15) is 12.1 Å². The van der Waals surface area contributed by atoms with Crippen LogP contribution in [0.1, 0.15) is 5.56 Å². The number of aromatic nitrogens is 3. The summed E-state index contributed by atoms with van der Waals surface area (Å²) in [4.78, 5) is 4.25. The molecule has 0 aliphatic rings. The van der Waals surface area contributed by atoms with Gasteiger partial charge in [-0.25, -0.2) is 9.37 Å². The first-order valence-electron chi connectivity index (χ1n) is 4.22. The third-order valence-electron chi connectivity index (χ3n) is 1.81. The third kappa shape index (κ3) is 2.16. The Hall–Kier alpha value is -1.40. The molecule has 1 aromatic heterocycles. The molecule has 0 aliphatic heterocycles. The number of H-pyrrole nitrogens is 1. The molecule has 0 saturated heterocycles. The van der Waals surface area contributed by atoms with E-state index in [4.69, 9.17) is 5.11 Å². The van der Waals surface area contributed by atoms with Crippen LogP contribution in [0.5, 0.6) is 0 Å². The molecule has 0 unspecified atom stereocenters. The summed E-state index contributed by atoms with van der Waals surface area (Å²) in [6, 6.07) is 4.57. The second-order valence-corrected chi connectivity index (χ2v) is 3.78. The van der Waals surface area contributed by atoms with E-state index < -0.39 is 0 Å². The van der Waals surface area contributed by atoms with Crippen molar-refractivity contribution < 1.29 is 9.50 Å². The molecule has 1 heterocycles. The van der Waals surface area contributed by atoms with Crippen LogP contribution in [0.3, 0.4) is 0 Å². The van der Waals surface area contributed by atoms with Gasteiger partial charge in [-0.05, 0) is 23.4 Å². The van der Waals surface area contributed by atoms with E-state index in [1.54, 1.807) is 12.1 Å². The smallest absolute Gasteiger partial charge is 0.188 e. The van der Waals surface area contributed by atoms with Gasteiger partial charge in [0.25, 0.3) is 0 Å². The Labute approximate surface area is 89.6 Å². The minimum absolute atomic E-state index is 0.200. The standard InChI is InChI=1S/C9H8FN3OS/c10-7-3-1-2-6(4-14)8(7)15-9-11-5-12-13-9/h1-3,5,14H,4H2,(H,11,12,13). The van der Waals surface area contributed by atoms with Crippen LogP contribution in [0.15, 0.2) is 34.6 Å². The molecule has 0 amide bonds. The Balaban J connectivity index is 2.34. The lowest BCUT2D eigenvalue weighted by molar-refractivity contribution is 0.277. The Bertz CT molecular complexity index is 447. The first-order valence-corrected chi connectivity index (χ1v) is 5.04. The van der Waals surface area contributed by atoms with E-state index >= 15 is 0 Å². The number of nitrogens with zero attached hydrogens (tertiary/aromatic N) is 2. The summed E-state index contributed by atoms with van der Waals surface area (Å²) in [7, 11) is 0. The minimum Gasteiger partial charge on any atom is -0.392 e. The number of nitrogens with one attached hydrogen (secondary N) is 1. The first kappa shape index (κ1) is 10.1. The van der Waals surface area contributed by atoms with Gasteiger partial charge in [-0.3, -0.25) is 5.10 Å². The van der Waals surface area contributed by atoms with E-state index in [1.165, 1.54) is 12.4 Å². The minimum atomic E-state index is -0.372. The van der Waals surface area contributed by atoms with Gasteiger partial charge in [0.2, 0.25) is 0 Å². The van der Waals surface area contributed by atoms with E-state index in [9.17, 15) is 4.39 Å². The van der Waals surface area contributed by atoms with Gasteiger partial charge in [0.15, 0.2) is 5.16 Å². The van der Waals surface area contributed by atoms with Crippen LogP contribution in [0.25, 0.3) is 0 Å². The molecular formula is C9H8FN3OS. The Morgan fingerprint density at radius 2 is 2.33 bits per heavy atom. The highest BCUT2D eigenvalue weighted by Gasteiger charge is 2.10. The molecule has 4 nitrogen and oxygen atoms in total. The van der Waals surface area contributed by atoms with Gasteiger partial charge in [-0.1, -0.05) is 12.1 Å². The molecule has 2 N–H and O–H groups in total. The molecule has 0 bridgehead atoms. The Morgan fingerprint density at radius 3 is 3.00 bits per heavy atom. The topological polar surface area (TPSA) is 61.8 Å². The summed E-state index contributed by atoms with van der Waals surface area (Å²) >= 11 is 1.11. The average molecular weight is 225 g/mol. The molecule has 2 rings (SSSR count). The van der Waals surface area contributed by atoms with Crippen LogP contribution in [-0.2, 0) is 6.61 Å². The highest BCUT2D eigenvalue weighted by atomic mass is 32.2. The number of benzene rings is 1. The molecule has 0 saturated carbocycles. The van der Waals surface area contributed by atoms with Crippen molar-refractivity contribution in [3.05, 3.63) is 35.9 Å². The first-order chi connectivity index (χ1) is 7.31. The Kier molecular flexibility index (Phi) is 2.98. The van der Waals surface area contributed by atoms with E-state index in [2.05, 4.69) is 15.2 Å². The molecule has 78 valence electrons. The molecule has 0 fully saturated rings. The number of aromatic amines is 1. The number of hydrogen-bond donors (Lipinski definition) is 2. The highest BCUT2D eigenvalue weighted by molar-refractivity contribution is 7.99. The largest absolute Gasteiger partial charge is 0.392 e. The van der Waals surface area contributed by atoms with Crippen LogP contribution in [0, 0.1) is 5.82 Å². The summed E-state index contributed by atoms with van der Waals surface area (Å²) < 4.78 is 13.4. The molecule has 2 aromatic rings. The van der Waals surface area contributed by atoms with E-state index in [-0.39, 0.29) is 12.4 Å². The van der Waals surface area contributed by atoms with Gasteiger partial charge < -0.3 is 5.11 Å². The van der Waals surface area contributed by atoms with Crippen molar-refractivity contribution in [1.29, 1.82) is 0 Å². The van der Waals surface area contributed by atoms with Gasteiger partial charge in [0.05, 0.1) is 11.5 Å². The quantitative estimate of drug-likeness (QED) is 0.832. The second-order valence-electron chi connectivity index (χ2n) is 2.78. The van der Waals surface area contributed by atoms with Crippen molar-refractivity contribution in [2.24, 2.45) is 0 Å². The summed E-state index contributed by atoms with van der Waals surface area (Å²) in [6.45, 7) is -0.200. The Morgan fingerprint density at radius 1 is 1.47 bits per heavy atom. The molecule has 0 radical (unpaired) electrons.